The van der Waals surface area contributed by atoms with Gasteiger partial charge in [-0.05, 0) is 48.9 Å². The van der Waals surface area contributed by atoms with Crippen molar-refractivity contribution in [2.24, 2.45) is 0 Å². The van der Waals surface area contributed by atoms with E-state index in [1.807, 2.05) is 25.1 Å². The molecule has 0 aliphatic heterocycles. The molecule has 0 atom stereocenters. The summed E-state index contributed by atoms with van der Waals surface area (Å²) in [6, 6.07) is 13.2. The van der Waals surface area contributed by atoms with Crippen LogP contribution in [0.5, 0.6) is 0 Å². The zero-order chi connectivity index (χ0) is 20.7. The molecule has 3 N–H and O–H groups in total. The Kier molecular flexibility index (Phi) is 6.33. The van der Waals surface area contributed by atoms with Gasteiger partial charge in [0.2, 0.25) is 10.0 Å². The van der Waals surface area contributed by atoms with Gasteiger partial charge in [-0.1, -0.05) is 0 Å². The lowest BCUT2D eigenvalue weighted by Crippen LogP contribution is -2.29. The average Bonchev–Trinajstić information content (AvgIpc) is 2.72. The highest BCUT2D eigenvalue weighted by molar-refractivity contribution is 7.89. The van der Waals surface area contributed by atoms with Gasteiger partial charge < -0.3 is 10.6 Å². The van der Waals surface area contributed by atoms with Crippen LogP contribution in [-0.4, -0.2) is 36.5 Å². The summed E-state index contributed by atoms with van der Waals surface area (Å²) in [5.74, 6) is 1.79. The number of aromatic nitrogens is 3. The number of nitriles is 1. The van der Waals surface area contributed by atoms with Crippen molar-refractivity contribution in [1.82, 2.24) is 19.7 Å². The normalized spacial score (nSPS) is 10.9. The summed E-state index contributed by atoms with van der Waals surface area (Å²) in [6.45, 7) is 2.46. The maximum Gasteiger partial charge on any atom is 0.240 e. The van der Waals surface area contributed by atoms with Gasteiger partial charge in [0.05, 0.1) is 16.5 Å². The lowest BCUT2D eigenvalue weighted by molar-refractivity contribution is 0.583. The Morgan fingerprint density at radius 2 is 1.69 bits per heavy atom. The number of rotatable bonds is 8. The number of sulfonamides is 1. The molecule has 0 unspecified atom stereocenters. The minimum absolute atomic E-state index is 0.107. The van der Waals surface area contributed by atoms with E-state index in [0.717, 1.165) is 5.56 Å². The zero-order valence-corrected chi connectivity index (χ0v) is 16.4. The van der Waals surface area contributed by atoms with E-state index < -0.39 is 10.0 Å². The molecule has 1 aromatic carbocycles. The molecule has 9 nitrogen and oxygen atoms in total. The van der Waals surface area contributed by atoms with Crippen LogP contribution in [0.15, 0.2) is 59.9 Å². The van der Waals surface area contributed by atoms with Gasteiger partial charge >= 0.3 is 0 Å². The molecular formula is C19H19N7O2S. The molecule has 2 aromatic heterocycles. The number of aryl methyl sites for hydroxylation is 1. The van der Waals surface area contributed by atoms with Crippen LogP contribution in [-0.2, 0) is 10.0 Å². The van der Waals surface area contributed by atoms with E-state index in [0.29, 0.717) is 29.6 Å². The minimum Gasteiger partial charge on any atom is -0.369 e. The Morgan fingerprint density at radius 3 is 2.41 bits per heavy atom. The fourth-order valence-corrected chi connectivity index (χ4v) is 3.46. The Balaban J connectivity index is 1.53. The van der Waals surface area contributed by atoms with Gasteiger partial charge in [0.1, 0.15) is 23.8 Å². The number of anilines is 3. The maximum atomic E-state index is 12.3. The van der Waals surface area contributed by atoms with Crippen LogP contribution >= 0.6 is 0 Å². The smallest absolute Gasteiger partial charge is 0.240 e. The molecule has 0 spiro atoms. The second-order valence-electron chi connectivity index (χ2n) is 6.09. The summed E-state index contributed by atoms with van der Waals surface area (Å²) in [4.78, 5) is 12.6. The third-order valence-corrected chi connectivity index (χ3v) is 5.33. The van der Waals surface area contributed by atoms with Crippen LogP contribution in [0.4, 0.5) is 17.5 Å². The van der Waals surface area contributed by atoms with Crippen molar-refractivity contribution < 1.29 is 8.42 Å². The monoisotopic (exact) mass is 409 g/mol. The maximum absolute atomic E-state index is 12.3. The molecule has 0 saturated carbocycles. The highest BCUT2D eigenvalue weighted by Gasteiger charge is 2.13. The molecule has 10 heteroatoms. The fraction of sp³-hybridized carbons (Fsp3) is 0.158. The molecule has 148 valence electrons. The largest absolute Gasteiger partial charge is 0.369 e. The van der Waals surface area contributed by atoms with E-state index in [2.05, 4.69) is 30.3 Å². The molecule has 3 rings (SSSR count). The number of hydrogen-bond acceptors (Lipinski definition) is 8. The molecule has 29 heavy (non-hydrogen) atoms. The molecule has 2 heterocycles. The van der Waals surface area contributed by atoms with Crippen LogP contribution in [0.1, 0.15) is 11.1 Å². The first-order valence-electron chi connectivity index (χ1n) is 8.72. The summed E-state index contributed by atoms with van der Waals surface area (Å²) in [7, 11) is -3.65. The van der Waals surface area contributed by atoms with E-state index in [9.17, 15) is 8.42 Å². The second-order valence-corrected chi connectivity index (χ2v) is 7.86. The third-order valence-electron chi connectivity index (χ3n) is 3.86. The summed E-state index contributed by atoms with van der Waals surface area (Å²) in [5, 5.41) is 14.9. The average molecular weight is 409 g/mol. The summed E-state index contributed by atoms with van der Waals surface area (Å²) in [5.41, 5.74) is 1.48. The first-order chi connectivity index (χ1) is 14.0. The first kappa shape index (κ1) is 20.2. The lowest BCUT2D eigenvalue weighted by Gasteiger charge is -2.10. The number of pyridine rings is 1. The van der Waals surface area contributed by atoms with Gasteiger partial charge in [-0.25, -0.2) is 28.1 Å². The molecule has 0 fully saturated rings. The Bertz CT molecular complexity index is 1130. The third kappa shape index (κ3) is 5.71. The molecule has 3 aromatic rings. The lowest BCUT2D eigenvalue weighted by atomic mass is 10.2. The van der Waals surface area contributed by atoms with E-state index in [1.165, 1.54) is 30.6 Å². The number of nitrogens with one attached hydrogen (secondary N) is 3. The van der Waals surface area contributed by atoms with Crippen LogP contribution in [0.3, 0.4) is 0 Å². The minimum atomic E-state index is -3.65. The van der Waals surface area contributed by atoms with Crippen LogP contribution < -0.4 is 15.4 Å². The highest BCUT2D eigenvalue weighted by Crippen LogP contribution is 2.15. The summed E-state index contributed by atoms with van der Waals surface area (Å²) < 4.78 is 27.0. The Labute approximate surface area is 168 Å². The molecule has 0 amide bonds. The SMILES string of the molecule is Cc1ccnc(Nc2cc(NCCNS(=O)(=O)c3ccc(C#N)cc3)ncn2)c1. The highest BCUT2D eigenvalue weighted by atomic mass is 32.2. The number of benzene rings is 1. The van der Waals surface area contributed by atoms with Crippen LogP contribution in [0.25, 0.3) is 0 Å². The van der Waals surface area contributed by atoms with Gasteiger partial charge in [0, 0.05) is 25.4 Å². The summed E-state index contributed by atoms with van der Waals surface area (Å²) >= 11 is 0. The van der Waals surface area contributed by atoms with Gasteiger partial charge in [-0.2, -0.15) is 5.26 Å². The molecule has 0 aliphatic carbocycles. The van der Waals surface area contributed by atoms with Crippen molar-refractivity contribution in [3.8, 4) is 6.07 Å². The van der Waals surface area contributed by atoms with Gasteiger partial charge in [-0.3, -0.25) is 0 Å². The van der Waals surface area contributed by atoms with E-state index in [4.69, 9.17) is 5.26 Å². The summed E-state index contributed by atoms with van der Waals surface area (Å²) in [6.07, 6.45) is 3.11. The van der Waals surface area contributed by atoms with Crippen molar-refractivity contribution in [1.29, 1.82) is 5.26 Å². The van der Waals surface area contributed by atoms with Crippen LogP contribution in [0.2, 0.25) is 0 Å². The van der Waals surface area contributed by atoms with Crippen molar-refractivity contribution >= 4 is 27.5 Å². The first-order valence-corrected chi connectivity index (χ1v) is 10.2. The zero-order valence-electron chi connectivity index (χ0n) is 15.6. The second kappa shape index (κ2) is 9.09. The van der Waals surface area contributed by atoms with Crippen molar-refractivity contribution in [2.45, 2.75) is 11.8 Å². The Hall–Kier alpha value is -3.55. The topological polar surface area (TPSA) is 133 Å². The Morgan fingerprint density at radius 1 is 0.966 bits per heavy atom. The van der Waals surface area contributed by atoms with Crippen molar-refractivity contribution in [3.05, 3.63) is 66.1 Å². The predicted octanol–water partition coefficient (Wildman–Crippen LogP) is 2.19. The van der Waals surface area contributed by atoms with E-state index >= 15 is 0 Å². The van der Waals surface area contributed by atoms with Gasteiger partial charge in [0.15, 0.2) is 0 Å². The van der Waals surface area contributed by atoms with E-state index in [-0.39, 0.29) is 11.4 Å². The fourth-order valence-electron chi connectivity index (χ4n) is 2.43. The van der Waals surface area contributed by atoms with Crippen molar-refractivity contribution in [2.75, 3.05) is 23.7 Å². The van der Waals surface area contributed by atoms with Crippen molar-refractivity contribution in [3.63, 3.8) is 0 Å². The molecule has 0 bridgehead atoms. The number of nitrogens with zero attached hydrogens (tertiary/aromatic N) is 4. The van der Waals surface area contributed by atoms with Gasteiger partial charge in [-0.15, -0.1) is 0 Å². The standard InChI is InChI=1S/C19H19N7O2S/c1-14-6-7-21-18(10-14)26-19-11-17(23-13-24-19)22-8-9-25-29(27,28)16-4-2-15(12-20)3-5-16/h2-7,10-11,13,25H,8-9H2,1H3,(H2,21,22,23,24,26). The molecule has 0 radical (unpaired) electrons. The molecule has 0 aliphatic rings. The van der Waals surface area contributed by atoms with Gasteiger partial charge in [0.25, 0.3) is 0 Å². The molecular weight excluding hydrogens is 390 g/mol. The quantitative estimate of drug-likeness (QED) is 0.482. The predicted molar refractivity (Wildman–Crippen MR) is 109 cm³/mol. The van der Waals surface area contributed by atoms with E-state index in [1.54, 1.807) is 12.3 Å². The van der Waals surface area contributed by atoms with Crippen LogP contribution in [0, 0.1) is 18.3 Å². The number of hydrogen-bond donors (Lipinski definition) is 3. The molecule has 0 saturated heterocycles.